The molecule has 0 aliphatic carbocycles. The molecule has 124 valence electrons. The highest BCUT2D eigenvalue weighted by Crippen LogP contribution is 2.26. The number of rotatable bonds is 8. The highest BCUT2D eigenvalue weighted by molar-refractivity contribution is 5.56. The predicted molar refractivity (Wildman–Crippen MR) is 96.7 cm³/mol. The van der Waals surface area contributed by atoms with Crippen molar-refractivity contribution in [3.63, 3.8) is 0 Å². The van der Waals surface area contributed by atoms with Gasteiger partial charge in [-0.3, -0.25) is 0 Å². The Kier molecular flexibility index (Phi) is 6.33. The summed E-state index contributed by atoms with van der Waals surface area (Å²) in [7, 11) is 0. The molecular weight excluding hydrogens is 286 g/mol. The van der Waals surface area contributed by atoms with E-state index in [4.69, 9.17) is 9.47 Å². The lowest BCUT2D eigenvalue weighted by molar-refractivity contribution is 0.243. The first kappa shape index (κ1) is 17.2. The largest absolute Gasteiger partial charge is 0.491 e. The third-order valence-corrected chi connectivity index (χ3v) is 3.47. The molecule has 23 heavy (non-hydrogen) atoms. The molecule has 0 unspecified atom stereocenters. The first-order valence-electron chi connectivity index (χ1n) is 8.29. The summed E-state index contributed by atoms with van der Waals surface area (Å²) >= 11 is 0. The molecule has 0 aromatic heterocycles. The predicted octanol–water partition coefficient (Wildman–Crippen LogP) is 5.09. The molecule has 0 fully saturated rings. The van der Waals surface area contributed by atoms with Gasteiger partial charge in [0.15, 0.2) is 0 Å². The summed E-state index contributed by atoms with van der Waals surface area (Å²) in [5.74, 6) is 2.31. The van der Waals surface area contributed by atoms with Gasteiger partial charge in [0.25, 0.3) is 0 Å². The number of anilines is 1. The summed E-state index contributed by atoms with van der Waals surface area (Å²) in [6.07, 6.45) is 0.159. The van der Waals surface area contributed by atoms with Gasteiger partial charge in [-0.05, 0) is 43.5 Å². The van der Waals surface area contributed by atoms with Crippen molar-refractivity contribution in [3.8, 4) is 11.5 Å². The van der Waals surface area contributed by atoms with Crippen molar-refractivity contribution in [2.24, 2.45) is 0 Å². The average Bonchev–Trinajstić information content (AvgIpc) is 2.52. The molecule has 1 N–H and O–H groups in total. The van der Waals surface area contributed by atoms with E-state index in [9.17, 15) is 0 Å². The minimum atomic E-state index is 0.159. The summed E-state index contributed by atoms with van der Waals surface area (Å²) < 4.78 is 11.7. The second-order valence-corrected chi connectivity index (χ2v) is 6.13. The molecule has 0 aliphatic rings. The van der Waals surface area contributed by atoms with E-state index in [1.54, 1.807) is 0 Å². The van der Waals surface area contributed by atoms with E-state index in [0.717, 1.165) is 23.7 Å². The molecule has 0 spiro atoms. The van der Waals surface area contributed by atoms with Crippen molar-refractivity contribution in [1.29, 1.82) is 0 Å². The third kappa shape index (κ3) is 5.20. The normalized spacial score (nSPS) is 10.9. The molecule has 3 nitrogen and oxygen atoms in total. The first-order chi connectivity index (χ1) is 11.1. The maximum Gasteiger partial charge on any atom is 0.142 e. The van der Waals surface area contributed by atoms with E-state index in [1.165, 1.54) is 5.56 Å². The zero-order valence-electron chi connectivity index (χ0n) is 14.5. The highest BCUT2D eigenvalue weighted by atomic mass is 16.5. The summed E-state index contributed by atoms with van der Waals surface area (Å²) in [5, 5.41) is 3.39. The zero-order chi connectivity index (χ0) is 16.7. The summed E-state index contributed by atoms with van der Waals surface area (Å²) in [5.41, 5.74) is 2.25. The third-order valence-electron chi connectivity index (χ3n) is 3.47. The van der Waals surface area contributed by atoms with Crippen molar-refractivity contribution < 1.29 is 9.47 Å². The van der Waals surface area contributed by atoms with Gasteiger partial charge in [-0.15, -0.1) is 0 Å². The highest BCUT2D eigenvalue weighted by Gasteiger charge is 2.07. The van der Waals surface area contributed by atoms with Gasteiger partial charge in [-0.25, -0.2) is 0 Å². The van der Waals surface area contributed by atoms with Gasteiger partial charge in [0.2, 0.25) is 0 Å². The fourth-order valence-corrected chi connectivity index (χ4v) is 2.41. The zero-order valence-corrected chi connectivity index (χ0v) is 14.5. The van der Waals surface area contributed by atoms with Crippen LogP contribution in [0.5, 0.6) is 11.5 Å². The summed E-state index contributed by atoms with van der Waals surface area (Å²) in [6, 6.07) is 16.2. The van der Waals surface area contributed by atoms with Crippen LogP contribution < -0.4 is 14.8 Å². The van der Waals surface area contributed by atoms with Crippen molar-refractivity contribution >= 4 is 5.69 Å². The molecule has 0 atom stereocenters. The van der Waals surface area contributed by atoms with Crippen LogP contribution in [-0.2, 0) is 0 Å². The molecule has 0 bridgehead atoms. The fraction of sp³-hybridized carbons (Fsp3) is 0.400. The van der Waals surface area contributed by atoms with E-state index in [1.807, 2.05) is 50.2 Å². The van der Waals surface area contributed by atoms with E-state index in [0.29, 0.717) is 12.5 Å². The molecular formula is C20H27NO2. The Hall–Kier alpha value is -2.16. The monoisotopic (exact) mass is 313 g/mol. The first-order valence-corrected chi connectivity index (χ1v) is 8.29. The van der Waals surface area contributed by atoms with Crippen molar-refractivity contribution in [1.82, 2.24) is 0 Å². The van der Waals surface area contributed by atoms with Gasteiger partial charge in [-0.1, -0.05) is 44.2 Å². The Labute approximate surface area is 139 Å². The lowest BCUT2D eigenvalue weighted by Gasteiger charge is -2.17. The van der Waals surface area contributed by atoms with Gasteiger partial charge in [0.1, 0.15) is 18.1 Å². The lowest BCUT2D eigenvalue weighted by atomic mass is 10.0. The molecule has 2 aromatic carbocycles. The van der Waals surface area contributed by atoms with Crippen LogP contribution in [0.2, 0.25) is 0 Å². The van der Waals surface area contributed by atoms with Crippen molar-refractivity contribution in [3.05, 3.63) is 54.1 Å². The average molecular weight is 313 g/mol. The Bertz CT molecular complexity index is 608. The van der Waals surface area contributed by atoms with Crippen LogP contribution in [-0.4, -0.2) is 19.3 Å². The van der Waals surface area contributed by atoms with Crippen molar-refractivity contribution in [2.75, 3.05) is 18.5 Å². The number of ether oxygens (including phenoxy) is 2. The van der Waals surface area contributed by atoms with E-state index < -0.39 is 0 Å². The Morgan fingerprint density at radius 3 is 2.22 bits per heavy atom. The number of benzene rings is 2. The molecule has 3 heteroatoms. The van der Waals surface area contributed by atoms with Crippen LogP contribution in [0.15, 0.2) is 48.5 Å². The van der Waals surface area contributed by atoms with Crippen molar-refractivity contribution in [2.45, 2.75) is 39.7 Å². The smallest absolute Gasteiger partial charge is 0.142 e. The van der Waals surface area contributed by atoms with Gasteiger partial charge in [0, 0.05) is 6.54 Å². The molecule has 2 aromatic rings. The van der Waals surface area contributed by atoms with Crippen LogP contribution in [0.1, 0.15) is 39.2 Å². The van der Waals surface area contributed by atoms with Crippen LogP contribution in [0.4, 0.5) is 5.69 Å². The van der Waals surface area contributed by atoms with E-state index >= 15 is 0 Å². The lowest BCUT2D eigenvalue weighted by Crippen LogP contribution is -2.14. The Morgan fingerprint density at radius 1 is 0.870 bits per heavy atom. The minimum absolute atomic E-state index is 0.159. The molecule has 0 saturated carbocycles. The number of para-hydroxylation sites is 3. The standard InChI is InChI=1S/C20H27NO2/c1-15(2)17-9-5-7-11-19(17)22-14-13-21-18-10-6-8-12-20(18)23-16(3)4/h5-12,15-16,21H,13-14H2,1-4H3. The van der Waals surface area contributed by atoms with Crippen LogP contribution in [0.3, 0.4) is 0 Å². The second-order valence-electron chi connectivity index (χ2n) is 6.13. The maximum atomic E-state index is 5.94. The molecule has 0 heterocycles. The van der Waals surface area contributed by atoms with E-state index in [2.05, 4.69) is 31.3 Å². The van der Waals surface area contributed by atoms with Crippen LogP contribution >= 0.6 is 0 Å². The number of hydrogen-bond acceptors (Lipinski definition) is 3. The fourth-order valence-electron chi connectivity index (χ4n) is 2.41. The minimum Gasteiger partial charge on any atom is -0.491 e. The Morgan fingerprint density at radius 2 is 1.52 bits per heavy atom. The van der Waals surface area contributed by atoms with Crippen LogP contribution in [0, 0.1) is 0 Å². The van der Waals surface area contributed by atoms with Gasteiger partial charge < -0.3 is 14.8 Å². The van der Waals surface area contributed by atoms with Crippen LogP contribution in [0.25, 0.3) is 0 Å². The summed E-state index contributed by atoms with van der Waals surface area (Å²) in [6.45, 7) is 9.76. The molecule has 0 aliphatic heterocycles. The number of hydrogen-bond donors (Lipinski definition) is 1. The van der Waals surface area contributed by atoms with Gasteiger partial charge in [0.05, 0.1) is 11.8 Å². The topological polar surface area (TPSA) is 30.5 Å². The van der Waals surface area contributed by atoms with Gasteiger partial charge >= 0.3 is 0 Å². The second kappa shape index (κ2) is 8.47. The summed E-state index contributed by atoms with van der Waals surface area (Å²) in [4.78, 5) is 0. The van der Waals surface area contributed by atoms with E-state index in [-0.39, 0.29) is 6.10 Å². The molecule has 0 radical (unpaired) electrons. The van der Waals surface area contributed by atoms with Gasteiger partial charge in [-0.2, -0.15) is 0 Å². The SMILES string of the molecule is CC(C)Oc1ccccc1NCCOc1ccccc1C(C)C. The molecule has 0 amide bonds. The molecule has 2 rings (SSSR count). The number of nitrogens with one attached hydrogen (secondary N) is 1. The maximum absolute atomic E-state index is 5.94. The Balaban J connectivity index is 1.89. The molecule has 0 saturated heterocycles. The quantitative estimate of drug-likeness (QED) is 0.689.